The lowest BCUT2D eigenvalue weighted by atomic mass is 9.97. The second-order valence-electron chi connectivity index (χ2n) is 9.35. The smallest absolute Gasteiger partial charge is 0.408 e. The third-order valence-corrected chi connectivity index (χ3v) is 5.66. The summed E-state index contributed by atoms with van der Waals surface area (Å²) in [6.07, 6.45) is 5.59. The van der Waals surface area contributed by atoms with Crippen molar-refractivity contribution in [2.75, 3.05) is 17.6 Å². The highest BCUT2D eigenvalue weighted by Gasteiger charge is 2.36. The molecule has 2 aromatic rings. The number of ether oxygens (including phenoxy) is 1. The predicted octanol–water partition coefficient (Wildman–Crippen LogP) is 4.72. The van der Waals surface area contributed by atoms with Crippen LogP contribution in [0.4, 0.5) is 10.5 Å². The van der Waals surface area contributed by atoms with Crippen molar-refractivity contribution in [1.29, 1.82) is 0 Å². The summed E-state index contributed by atoms with van der Waals surface area (Å²) in [5.74, 6) is 1.76. The molecule has 0 bridgehead atoms. The van der Waals surface area contributed by atoms with Crippen LogP contribution in [0, 0.1) is 19.3 Å². The minimum absolute atomic E-state index is 0.0151. The van der Waals surface area contributed by atoms with Gasteiger partial charge in [0.2, 0.25) is 5.91 Å². The van der Waals surface area contributed by atoms with E-state index >= 15 is 0 Å². The second kappa shape index (κ2) is 13.0. The Morgan fingerprint density at radius 3 is 2.33 bits per heavy atom. The van der Waals surface area contributed by atoms with Crippen LogP contribution in [-0.4, -0.2) is 46.7 Å². The van der Waals surface area contributed by atoms with Gasteiger partial charge < -0.3 is 20.3 Å². The van der Waals surface area contributed by atoms with Gasteiger partial charge >= 0.3 is 6.09 Å². The monoisotopic (exact) mass is 509 g/mol. The van der Waals surface area contributed by atoms with Crippen molar-refractivity contribution in [1.82, 2.24) is 10.2 Å². The Labute approximate surface area is 219 Å². The highest BCUT2D eigenvalue weighted by molar-refractivity contribution is 7.80. The predicted molar refractivity (Wildman–Crippen MR) is 146 cm³/mol. The van der Waals surface area contributed by atoms with E-state index in [-0.39, 0.29) is 12.3 Å². The number of amides is 3. The summed E-state index contributed by atoms with van der Waals surface area (Å²) >= 11 is 4.29. The van der Waals surface area contributed by atoms with Gasteiger partial charge in [-0.15, -0.1) is 6.42 Å². The number of thiol groups is 1. The van der Waals surface area contributed by atoms with E-state index in [1.807, 2.05) is 32.0 Å². The van der Waals surface area contributed by atoms with E-state index in [1.54, 1.807) is 51.1 Å². The number of aryl methyl sites for hydroxylation is 1. The van der Waals surface area contributed by atoms with Crippen LogP contribution in [0.25, 0.3) is 0 Å². The number of carbonyl (C=O) groups is 3. The quantitative estimate of drug-likeness (QED) is 0.337. The van der Waals surface area contributed by atoms with Crippen molar-refractivity contribution >= 4 is 36.2 Å². The first-order chi connectivity index (χ1) is 17.0. The standard InChI is InChI=1S/C28H35N3O4S/c1-7-17-31(26(33)23(18-36)30-27(34)35-28(4,5)6)24(21-15-11-10-14-20(21)8-2)25(32)29-22-16-12-9-13-19(22)3/h2,9-16,23-24,36H,7,17-18H2,1,3-6H3,(H,29,32)(H,30,34). The molecule has 7 nitrogen and oxygen atoms in total. The number of nitrogens with zero attached hydrogens (tertiary/aromatic N) is 1. The zero-order chi connectivity index (χ0) is 26.9. The van der Waals surface area contributed by atoms with Gasteiger partial charge in [0.1, 0.15) is 17.7 Å². The summed E-state index contributed by atoms with van der Waals surface area (Å²) in [6.45, 7) is 9.24. The lowest BCUT2D eigenvalue weighted by Gasteiger charge is -2.34. The molecule has 0 heterocycles. The number of terminal acetylenes is 1. The second-order valence-corrected chi connectivity index (χ2v) is 9.72. The molecule has 0 spiro atoms. The first-order valence-corrected chi connectivity index (χ1v) is 12.5. The number of para-hydroxylation sites is 1. The van der Waals surface area contributed by atoms with Gasteiger partial charge in [-0.3, -0.25) is 9.59 Å². The molecule has 0 aliphatic carbocycles. The Morgan fingerprint density at radius 1 is 1.11 bits per heavy atom. The van der Waals surface area contributed by atoms with E-state index in [4.69, 9.17) is 11.2 Å². The van der Waals surface area contributed by atoms with Gasteiger partial charge in [0.05, 0.1) is 0 Å². The van der Waals surface area contributed by atoms with Crippen LogP contribution in [0.1, 0.15) is 56.8 Å². The highest BCUT2D eigenvalue weighted by atomic mass is 32.1. The molecule has 2 rings (SSSR count). The van der Waals surface area contributed by atoms with Crippen molar-refractivity contribution in [3.8, 4) is 12.3 Å². The van der Waals surface area contributed by atoms with Crippen molar-refractivity contribution in [3.63, 3.8) is 0 Å². The number of rotatable bonds is 9. The van der Waals surface area contributed by atoms with E-state index in [0.717, 1.165) is 5.56 Å². The van der Waals surface area contributed by atoms with Gasteiger partial charge in [-0.05, 0) is 57.4 Å². The third kappa shape index (κ3) is 7.79. The fourth-order valence-electron chi connectivity index (χ4n) is 3.67. The van der Waals surface area contributed by atoms with Crippen molar-refractivity contribution in [2.24, 2.45) is 0 Å². The number of carbonyl (C=O) groups excluding carboxylic acids is 3. The Hall–Kier alpha value is -3.44. The van der Waals surface area contributed by atoms with Gasteiger partial charge in [-0.2, -0.15) is 12.6 Å². The number of nitrogens with one attached hydrogen (secondary N) is 2. The largest absolute Gasteiger partial charge is 0.444 e. The molecule has 0 aromatic heterocycles. The minimum atomic E-state index is -1.04. The molecule has 36 heavy (non-hydrogen) atoms. The average molecular weight is 510 g/mol. The van der Waals surface area contributed by atoms with Crippen LogP contribution in [0.2, 0.25) is 0 Å². The summed E-state index contributed by atoms with van der Waals surface area (Å²) in [6, 6.07) is 12.4. The zero-order valence-corrected chi connectivity index (χ0v) is 22.4. The molecule has 2 atom stereocenters. The summed E-state index contributed by atoms with van der Waals surface area (Å²) in [4.78, 5) is 41.4. The van der Waals surface area contributed by atoms with Crippen LogP contribution >= 0.6 is 12.6 Å². The summed E-state index contributed by atoms with van der Waals surface area (Å²) in [7, 11) is 0. The Bertz CT molecular complexity index is 1120. The third-order valence-electron chi connectivity index (χ3n) is 5.29. The molecule has 2 aromatic carbocycles. The molecule has 192 valence electrons. The molecule has 0 saturated carbocycles. The van der Waals surface area contributed by atoms with E-state index in [2.05, 4.69) is 29.2 Å². The molecule has 2 unspecified atom stereocenters. The summed E-state index contributed by atoms with van der Waals surface area (Å²) < 4.78 is 5.32. The van der Waals surface area contributed by atoms with E-state index in [0.29, 0.717) is 23.2 Å². The van der Waals surface area contributed by atoms with Crippen molar-refractivity contribution < 1.29 is 19.1 Å². The van der Waals surface area contributed by atoms with Crippen LogP contribution in [0.5, 0.6) is 0 Å². The molecule has 0 radical (unpaired) electrons. The van der Waals surface area contributed by atoms with Gasteiger partial charge in [0, 0.05) is 23.5 Å². The van der Waals surface area contributed by atoms with Gasteiger partial charge in [0.15, 0.2) is 0 Å². The van der Waals surface area contributed by atoms with Crippen LogP contribution in [-0.2, 0) is 14.3 Å². The maximum atomic E-state index is 13.8. The Kier molecular flexibility index (Phi) is 10.4. The number of alkyl carbamates (subject to hydrolysis) is 1. The minimum Gasteiger partial charge on any atom is -0.444 e. The van der Waals surface area contributed by atoms with Crippen LogP contribution in [0.15, 0.2) is 48.5 Å². The topological polar surface area (TPSA) is 87.7 Å². The van der Waals surface area contributed by atoms with Crippen LogP contribution < -0.4 is 10.6 Å². The average Bonchev–Trinajstić information content (AvgIpc) is 2.82. The van der Waals surface area contributed by atoms with E-state index in [9.17, 15) is 14.4 Å². The molecule has 0 aliphatic rings. The van der Waals surface area contributed by atoms with Crippen molar-refractivity contribution in [2.45, 2.75) is 58.7 Å². The lowest BCUT2D eigenvalue weighted by Crippen LogP contribution is -2.53. The number of anilines is 1. The number of benzene rings is 2. The van der Waals surface area contributed by atoms with Crippen LogP contribution in [0.3, 0.4) is 0 Å². The first kappa shape index (κ1) is 28.8. The molecule has 0 fully saturated rings. The normalized spacial score (nSPS) is 12.6. The number of hydrogen-bond acceptors (Lipinski definition) is 5. The Morgan fingerprint density at radius 2 is 1.75 bits per heavy atom. The molecule has 8 heteroatoms. The Balaban J connectivity index is 2.51. The van der Waals surface area contributed by atoms with E-state index in [1.165, 1.54) is 4.90 Å². The van der Waals surface area contributed by atoms with Gasteiger partial charge in [-0.1, -0.05) is 49.2 Å². The van der Waals surface area contributed by atoms with Crippen molar-refractivity contribution in [3.05, 3.63) is 65.2 Å². The molecule has 0 aliphatic heterocycles. The molecule has 3 amide bonds. The summed E-state index contributed by atoms with van der Waals surface area (Å²) in [5, 5.41) is 5.54. The summed E-state index contributed by atoms with van der Waals surface area (Å²) in [5.41, 5.74) is 1.79. The zero-order valence-electron chi connectivity index (χ0n) is 21.5. The van der Waals surface area contributed by atoms with Gasteiger partial charge in [0.25, 0.3) is 5.91 Å². The molecular formula is C28H35N3O4S. The number of hydrogen-bond donors (Lipinski definition) is 3. The fourth-order valence-corrected chi connectivity index (χ4v) is 3.92. The first-order valence-electron chi connectivity index (χ1n) is 11.8. The maximum Gasteiger partial charge on any atom is 0.408 e. The molecule has 0 saturated heterocycles. The maximum absolute atomic E-state index is 13.8. The lowest BCUT2D eigenvalue weighted by molar-refractivity contribution is -0.140. The van der Waals surface area contributed by atoms with Gasteiger partial charge in [-0.25, -0.2) is 4.79 Å². The van der Waals surface area contributed by atoms with E-state index < -0.39 is 35.6 Å². The SMILES string of the molecule is C#Cc1ccccc1C(C(=O)Nc1ccccc1C)N(CCC)C(=O)C(CS)NC(=O)OC(C)(C)C. The molecular weight excluding hydrogens is 474 g/mol. The highest BCUT2D eigenvalue weighted by Crippen LogP contribution is 2.28. The fraction of sp³-hybridized carbons (Fsp3) is 0.393. The molecule has 2 N–H and O–H groups in total.